The number of ether oxygens (including phenoxy) is 1. The molecule has 0 aliphatic rings. The first-order valence-electron chi connectivity index (χ1n) is 5.44. The molecule has 0 saturated carbocycles. The molecule has 2 aromatic rings. The molecule has 19 heavy (non-hydrogen) atoms. The fourth-order valence-electron chi connectivity index (χ4n) is 1.53. The Kier molecular flexibility index (Phi) is 3.72. The molecular formula is C14H10BrFN2O. The van der Waals surface area contributed by atoms with Crippen LogP contribution in [0.2, 0.25) is 0 Å². The highest BCUT2D eigenvalue weighted by atomic mass is 79.9. The lowest BCUT2D eigenvalue weighted by Gasteiger charge is -2.11. The predicted molar refractivity (Wildman–Crippen MR) is 74.5 cm³/mol. The van der Waals surface area contributed by atoms with E-state index in [1.54, 1.807) is 18.2 Å². The molecule has 2 rings (SSSR count). The van der Waals surface area contributed by atoms with Gasteiger partial charge in [0.25, 0.3) is 0 Å². The molecule has 0 atom stereocenters. The van der Waals surface area contributed by atoms with E-state index in [0.717, 1.165) is 5.56 Å². The van der Waals surface area contributed by atoms with E-state index < -0.39 is 5.82 Å². The third kappa shape index (κ3) is 2.85. The van der Waals surface area contributed by atoms with E-state index in [9.17, 15) is 4.39 Å². The molecule has 0 bridgehead atoms. The van der Waals surface area contributed by atoms with Gasteiger partial charge in [0.15, 0.2) is 5.75 Å². The monoisotopic (exact) mass is 320 g/mol. The number of nitrogens with zero attached hydrogens (tertiary/aromatic N) is 1. The van der Waals surface area contributed by atoms with Gasteiger partial charge in [-0.25, -0.2) is 4.39 Å². The predicted octanol–water partition coefficient (Wildman–Crippen LogP) is 4.14. The van der Waals surface area contributed by atoms with Crippen molar-refractivity contribution in [1.29, 1.82) is 5.26 Å². The molecule has 5 heteroatoms. The maximum atomic E-state index is 13.5. The van der Waals surface area contributed by atoms with Crippen LogP contribution in [0.15, 0.2) is 34.8 Å². The number of aryl methyl sites for hydroxylation is 1. The topological polar surface area (TPSA) is 59.0 Å². The zero-order chi connectivity index (χ0) is 14.0. The van der Waals surface area contributed by atoms with Gasteiger partial charge >= 0.3 is 0 Å². The summed E-state index contributed by atoms with van der Waals surface area (Å²) in [5.74, 6) is 0.240. The number of rotatable bonds is 2. The van der Waals surface area contributed by atoms with Crippen LogP contribution >= 0.6 is 15.9 Å². The van der Waals surface area contributed by atoms with Crippen LogP contribution in [0.25, 0.3) is 0 Å². The normalized spacial score (nSPS) is 10.0. The first kappa shape index (κ1) is 13.4. The molecule has 96 valence electrons. The van der Waals surface area contributed by atoms with Gasteiger partial charge in [-0.2, -0.15) is 5.26 Å². The van der Waals surface area contributed by atoms with Crippen molar-refractivity contribution in [1.82, 2.24) is 0 Å². The summed E-state index contributed by atoms with van der Waals surface area (Å²) >= 11 is 3.05. The van der Waals surface area contributed by atoms with Gasteiger partial charge < -0.3 is 10.5 Å². The number of hydrogen-bond donors (Lipinski definition) is 1. The van der Waals surface area contributed by atoms with Gasteiger partial charge in [-0.15, -0.1) is 0 Å². The summed E-state index contributed by atoms with van der Waals surface area (Å²) in [7, 11) is 0. The lowest BCUT2D eigenvalue weighted by Crippen LogP contribution is -1.95. The summed E-state index contributed by atoms with van der Waals surface area (Å²) < 4.78 is 19.3. The Bertz CT molecular complexity index is 680. The van der Waals surface area contributed by atoms with Gasteiger partial charge in [-0.3, -0.25) is 0 Å². The van der Waals surface area contributed by atoms with Crippen molar-refractivity contribution >= 4 is 21.6 Å². The Hall–Kier alpha value is -2.06. The van der Waals surface area contributed by atoms with Crippen LogP contribution in [0.3, 0.4) is 0 Å². The van der Waals surface area contributed by atoms with Crippen LogP contribution in [-0.4, -0.2) is 0 Å². The summed E-state index contributed by atoms with van der Waals surface area (Å²) in [5.41, 5.74) is 7.39. The minimum atomic E-state index is -0.460. The highest BCUT2D eigenvalue weighted by molar-refractivity contribution is 9.10. The van der Waals surface area contributed by atoms with Crippen LogP contribution < -0.4 is 10.5 Å². The summed E-state index contributed by atoms with van der Waals surface area (Å²) in [5, 5.41) is 8.86. The quantitative estimate of drug-likeness (QED) is 0.846. The maximum absolute atomic E-state index is 13.5. The van der Waals surface area contributed by atoms with Crippen LogP contribution in [0, 0.1) is 24.1 Å². The second-order valence-corrected chi connectivity index (χ2v) is 4.85. The van der Waals surface area contributed by atoms with Crippen LogP contribution in [-0.2, 0) is 0 Å². The SMILES string of the molecule is Cc1ccc(C#N)cc1Oc1cc(F)c(Br)cc1N. The Morgan fingerprint density at radius 3 is 2.68 bits per heavy atom. The van der Waals surface area contributed by atoms with Gasteiger partial charge in [0.1, 0.15) is 11.6 Å². The number of halogens is 2. The minimum absolute atomic E-state index is 0.221. The maximum Gasteiger partial charge on any atom is 0.153 e. The molecule has 0 fully saturated rings. The molecule has 0 saturated heterocycles. The van der Waals surface area contributed by atoms with E-state index >= 15 is 0 Å². The number of benzene rings is 2. The number of nitrogens with two attached hydrogens (primary N) is 1. The molecule has 0 aromatic heterocycles. The van der Waals surface area contributed by atoms with Crippen LogP contribution in [0.1, 0.15) is 11.1 Å². The third-order valence-electron chi connectivity index (χ3n) is 2.59. The van der Waals surface area contributed by atoms with E-state index in [1.807, 2.05) is 13.0 Å². The summed E-state index contributed by atoms with van der Waals surface area (Å²) in [4.78, 5) is 0. The molecule has 0 unspecified atom stereocenters. The van der Waals surface area contributed by atoms with Crippen LogP contribution in [0.4, 0.5) is 10.1 Å². The zero-order valence-corrected chi connectivity index (χ0v) is 11.7. The lowest BCUT2D eigenvalue weighted by atomic mass is 10.1. The number of hydrogen-bond acceptors (Lipinski definition) is 3. The third-order valence-corrected chi connectivity index (χ3v) is 3.20. The zero-order valence-electron chi connectivity index (χ0n) is 10.1. The van der Waals surface area contributed by atoms with Crippen molar-refractivity contribution in [2.75, 3.05) is 5.73 Å². The molecule has 0 aliphatic heterocycles. The molecule has 2 N–H and O–H groups in total. The van der Waals surface area contributed by atoms with Crippen molar-refractivity contribution in [3.63, 3.8) is 0 Å². The summed E-state index contributed by atoms with van der Waals surface area (Å²) in [6, 6.07) is 9.71. The second-order valence-electron chi connectivity index (χ2n) is 4.00. The molecular weight excluding hydrogens is 311 g/mol. The summed E-state index contributed by atoms with van der Waals surface area (Å²) in [6.45, 7) is 1.84. The van der Waals surface area contributed by atoms with Gasteiger partial charge in [-0.1, -0.05) is 6.07 Å². The number of nitrogen functional groups attached to an aromatic ring is 1. The van der Waals surface area contributed by atoms with Crippen molar-refractivity contribution in [2.24, 2.45) is 0 Å². The highest BCUT2D eigenvalue weighted by Gasteiger charge is 2.10. The molecule has 0 amide bonds. The van der Waals surface area contributed by atoms with Crippen molar-refractivity contribution in [3.8, 4) is 17.6 Å². The second kappa shape index (κ2) is 5.29. The van der Waals surface area contributed by atoms with E-state index in [-0.39, 0.29) is 10.2 Å². The standard InChI is InChI=1S/C14H10BrFN2O/c1-8-2-3-9(7-17)4-13(8)19-14-6-11(16)10(15)5-12(14)18/h2-6H,18H2,1H3. The van der Waals surface area contributed by atoms with Gasteiger partial charge in [0, 0.05) is 6.07 Å². The van der Waals surface area contributed by atoms with Gasteiger partial charge in [0.05, 0.1) is 21.8 Å². The van der Waals surface area contributed by atoms with Gasteiger partial charge in [-0.05, 0) is 46.6 Å². The Labute approximate surface area is 118 Å². The van der Waals surface area contributed by atoms with Gasteiger partial charge in [0.2, 0.25) is 0 Å². The molecule has 3 nitrogen and oxygen atoms in total. The lowest BCUT2D eigenvalue weighted by molar-refractivity contribution is 0.475. The fraction of sp³-hybridized carbons (Fsp3) is 0.0714. The Morgan fingerprint density at radius 1 is 1.26 bits per heavy atom. The number of nitriles is 1. The van der Waals surface area contributed by atoms with Crippen molar-refractivity contribution in [2.45, 2.75) is 6.92 Å². The first-order chi connectivity index (χ1) is 9.01. The van der Waals surface area contributed by atoms with Crippen molar-refractivity contribution in [3.05, 3.63) is 51.7 Å². The molecule has 0 heterocycles. The van der Waals surface area contributed by atoms with Crippen molar-refractivity contribution < 1.29 is 9.13 Å². The largest absolute Gasteiger partial charge is 0.455 e. The average Bonchev–Trinajstić information content (AvgIpc) is 2.38. The smallest absolute Gasteiger partial charge is 0.153 e. The molecule has 0 aliphatic carbocycles. The van der Waals surface area contributed by atoms with E-state index in [2.05, 4.69) is 15.9 Å². The minimum Gasteiger partial charge on any atom is -0.455 e. The Morgan fingerprint density at radius 2 is 2.00 bits per heavy atom. The van der Waals surface area contributed by atoms with Crippen LogP contribution in [0.5, 0.6) is 11.5 Å². The number of anilines is 1. The highest BCUT2D eigenvalue weighted by Crippen LogP contribution is 2.33. The van der Waals surface area contributed by atoms with E-state index in [1.165, 1.54) is 12.1 Å². The molecule has 0 radical (unpaired) electrons. The Balaban J connectivity index is 2.42. The van der Waals surface area contributed by atoms with E-state index in [0.29, 0.717) is 17.0 Å². The molecule has 2 aromatic carbocycles. The molecule has 0 spiro atoms. The van der Waals surface area contributed by atoms with E-state index in [4.69, 9.17) is 15.7 Å². The average molecular weight is 321 g/mol. The summed E-state index contributed by atoms with van der Waals surface area (Å²) in [6.07, 6.45) is 0. The fourth-order valence-corrected chi connectivity index (χ4v) is 1.89. The first-order valence-corrected chi connectivity index (χ1v) is 6.23.